The van der Waals surface area contributed by atoms with E-state index in [2.05, 4.69) is 55.3 Å². The number of aliphatic imine (C=N–C) groups is 1. The van der Waals surface area contributed by atoms with Crippen LogP contribution in [0.5, 0.6) is 0 Å². The van der Waals surface area contributed by atoms with Gasteiger partial charge in [0.2, 0.25) is 0 Å². The van der Waals surface area contributed by atoms with E-state index >= 15 is 0 Å². The lowest BCUT2D eigenvalue weighted by Gasteiger charge is -2.12. The molecule has 0 saturated carbocycles. The third kappa shape index (κ3) is 2.79. The predicted molar refractivity (Wildman–Crippen MR) is 73.3 cm³/mol. The molecule has 16 heavy (non-hydrogen) atoms. The molecule has 1 aromatic carbocycles. The summed E-state index contributed by atoms with van der Waals surface area (Å²) in [4.78, 5) is 4.52. The summed E-state index contributed by atoms with van der Waals surface area (Å²) in [5.41, 5.74) is 2.41. The number of rotatable bonds is 2. The topological polar surface area (TPSA) is 24.4 Å². The van der Waals surface area contributed by atoms with Gasteiger partial charge in [0.15, 0.2) is 5.17 Å². The lowest BCUT2D eigenvalue weighted by Crippen LogP contribution is -2.13. The van der Waals surface area contributed by atoms with Crippen molar-refractivity contribution in [3.63, 3.8) is 0 Å². The van der Waals surface area contributed by atoms with Gasteiger partial charge in [0.05, 0.1) is 6.54 Å². The van der Waals surface area contributed by atoms with Crippen LogP contribution >= 0.6 is 11.8 Å². The van der Waals surface area contributed by atoms with Crippen molar-refractivity contribution in [2.24, 2.45) is 10.9 Å². The molecule has 0 radical (unpaired) electrons. The van der Waals surface area contributed by atoms with Crippen molar-refractivity contribution in [1.82, 2.24) is 0 Å². The highest BCUT2D eigenvalue weighted by atomic mass is 32.2. The van der Waals surface area contributed by atoms with Gasteiger partial charge in [0, 0.05) is 10.9 Å². The van der Waals surface area contributed by atoms with Gasteiger partial charge in [-0.1, -0.05) is 43.3 Å². The molecule has 0 amide bonds. The molecule has 1 aliphatic heterocycles. The average Bonchev–Trinajstić information content (AvgIpc) is 2.70. The van der Waals surface area contributed by atoms with Gasteiger partial charge >= 0.3 is 0 Å². The number of hydrogen-bond donors (Lipinski definition) is 1. The highest BCUT2D eigenvalue weighted by Crippen LogP contribution is 2.27. The van der Waals surface area contributed by atoms with Gasteiger partial charge in [-0.2, -0.15) is 0 Å². The number of amidine groups is 1. The second-order valence-electron chi connectivity index (χ2n) is 4.54. The first kappa shape index (κ1) is 11.5. The van der Waals surface area contributed by atoms with Crippen LogP contribution in [0.15, 0.2) is 29.3 Å². The predicted octanol–water partition coefficient (Wildman–Crippen LogP) is 3.53. The molecule has 0 bridgehead atoms. The Bertz CT molecular complexity index is 381. The average molecular weight is 234 g/mol. The number of thioether (sulfide) groups is 1. The fourth-order valence-corrected chi connectivity index (χ4v) is 2.60. The van der Waals surface area contributed by atoms with Crippen molar-refractivity contribution < 1.29 is 0 Å². The van der Waals surface area contributed by atoms with Crippen molar-refractivity contribution in [1.29, 1.82) is 0 Å². The van der Waals surface area contributed by atoms with E-state index < -0.39 is 0 Å². The number of anilines is 1. The summed E-state index contributed by atoms with van der Waals surface area (Å²) in [5.74, 6) is 0.686. The van der Waals surface area contributed by atoms with Gasteiger partial charge in [-0.05, 0) is 25.0 Å². The zero-order chi connectivity index (χ0) is 11.5. The fraction of sp³-hybridized carbons (Fsp3) is 0.462. The van der Waals surface area contributed by atoms with E-state index in [1.54, 1.807) is 0 Å². The van der Waals surface area contributed by atoms with E-state index in [0.717, 1.165) is 17.4 Å². The highest BCUT2D eigenvalue weighted by molar-refractivity contribution is 8.15. The summed E-state index contributed by atoms with van der Waals surface area (Å²) in [6.07, 6.45) is 0. The zero-order valence-corrected chi connectivity index (χ0v) is 10.8. The standard InChI is InChI=1S/C13H18N2S/c1-9(2)12-8-14-13(16-12)15-11-6-4-10(3)5-7-11/h4-7,9,12H,8H2,1-3H3,(H,14,15). The minimum atomic E-state index is 0.632. The largest absolute Gasteiger partial charge is 0.335 e. The van der Waals surface area contributed by atoms with Crippen LogP contribution in [0, 0.1) is 12.8 Å². The van der Waals surface area contributed by atoms with Gasteiger partial charge in [-0.15, -0.1) is 0 Å². The first-order valence-corrected chi connectivity index (χ1v) is 6.58. The molecule has 0 aliphatic carbocycles. The highest BCUT2D eigenvalue weighted by Gasteiger charge is 2.22. The molecule has 1 atom stereocenters. The van der Waals surface area contributed by atoms with E-state index in [-0.39, 0.29) is 0 Å². The molecular formula is C13H18N2S. The van der Waals surface area contributed by atoms with Crippen LogP contribution in [-0.4, -0.2) is 17.0 Å². The summed E-state index contributed by atoms with van der Waals surface area (Å²) in [5, 5.41) is 5.06. The van der Waals surface area contributed by atoms with Crippen LogP contribution in [0.25, 0.3) is 0 Å². The first-order chi connectivity index (χ1) is 7.65. The SMILES string of the molecule is Cc1ccc(NC2=NCC(C(C)C)S2)cc1. The molecule has 2 rings (SSSR count). The molecule has 1 aromatic rings. The molecule has 0 aromatic heterocycles. The van der Waals surface area contributed by atoms with Crippen molar-refractivity contribution in [3.05, 3.63) is 29.8 Å². The third-order valence-corrected chi connectivity index (χ3v) is 4.17. The molecule has 3 heteroatoms. The van der Waals surface area contributed by atoms with Gasteiger partial charge in [-0.3, -0.25) is 4.99 Å². The quantitative estimate of drug-likeness (QED) is 0.846. The minimum absolute atomic E-state index is 0.632. The molecule has 1 unspecified atom stereocenters. The van der Waals surface area contributed by atoms with Crippen LogP contribution in [0.3, 0.4) is 0 Å². The maximum absolute atomic E-state index is 4.52. The Balaban J connectivity index is 1.94. The number of nitrogens with one attached hydrogen (secondary N) is 1. The van der Waals surface area contributed by atoms with Crippen LogP contribution in [0.2, 0.25) is 0 Å². The fourth-order valence-electron chi connectivity index (χ4n) is 1.57. The Hall–Kier alpha value is -0.960. The summed E-state index contributed by atoms with van der Waals surface area (Å²) in [7, 11) is 0. The Labute approximate surface area is 102 Å². The number of hydrogen-bond acceptors (Lipinski definition) is 3. The summed E-state index contributed by atoms with van der Waals surface area (Å²) < 4.78 is 0. The van der Waals surface area contributed by atoms with E-state index in [0.29, 0.717) is 11.2 Å². The van der Waals surface area contributed by atoms with E-state index in [1.165, 1.54) is 5.56 Å². The Morgan fingerprint density at radius 1 is 1.31 bits per heavy atom. The summed E-state index contributed by atoms with van der Waals surface area (Å²) >= 11 is 1.86. The van der Waals surface area contributed by atoms with Crippen molar-refractivity contribution in [3.8, 4) is 0 Å². The Morgan fingerprint density at radius 3 is 2.56 bits per heavy atom. The molecule has 1 aliphatic rings. The monoisotopic (exact) mass is 234 g/mol. The molecule has 0 fully saturated rings. The Kier molecular flexibility index (Phi) is 3.54. The van der Waals surface area contributed by atoms with Crippen LogP contribution in [0.1, 0.15) is 19.4 Å². The lowest BCUT2D eigenvalue weighted by atomic mass is 10.1. The summed E-state index contributed by atoms with van der Waals surface area (Å²) in [6.45, 7) is 7.54. The smallest absolute Gasteiger partial charge is 0.161 e. The molecular weight excluding hydrogens is 216 g/mol. The lowest BCUT2D eigenvalue weighted by molar-refractivity contribution is 0.621. The molecule has 86 valence electrons. The Morgan fingerprint density at radius 2 is 2.00 bits per heavy atom. The maximum Gasteiger partial charge on any atom is 0.161 e. The third-order valence-electron chi connectivity index (χ3n) is 2.72. The van der Waals surface area contributed by atoms with Gasteiger partial charge in [0.25, 0.3) is 0 Å². The number of aryl methyl sites for hydroxylation is 1. The van der Waals surface area contributed by atoms with Crippen LogP contribution in [0.4, 0.5) is 5.69 Å². The molecule has 1 N–H and O–H groups in total. The van der Waals surface area contributed by atoms with Crippen molar-refractivity contribution in [2.45, 2.75) is 26.0 Å². The molecule has 0 saturated heterocycles. The zero-order valence-electron chi connectivity index (χ0n) is 10.0. The van der Waals surface area contributed by atoms with Gasteiger partial charge in [0.1, 0.15) is 0 Å². The second-order valence-corrected chi connectivity index (χ2v) is 5.77. The van der Waals surface area contributed by atoms with E-state index in [9.17, 15) is 0 Å². The van der Waals surface area contributed by atoms with Crippen molar-refractivity contribution in [2.75, 3.05) is 11.9 Å². The first-order valence-electron chi connectivity index (χ1n) is 5.70. The molecule has 1 heterocycles. The number of nitrogens with zero attached hydrogens (tertiary/aromatic N) is 1. The summed E-state index contributed by atoms with van der Waals surface area (Å²) in [6, 6.07) is 8.42. The van der Waals surface area contributed by atoms with Gasteiger partial charge in [-0.25, -0.2) is 0 Å². The van der Waals surface area contributed by atoms with Gasteiger partial charge < -0.3 is 5.32 Å². The maximum atomic E-state index is 4.52. The van der Waals surface area contributed by atoms with Crippen LogP contribution in [-0.2, 0) is 0 Å². The van der Waals surface area contributed by atoms with Crippen LogP contribution < -0.4 is 5.32 Å². The molecule has 2 nitrogen and oxygen atoms in total. The molecule has 0 spiro atoms. The second kappa shape index (κ2) is 4.91. The normalized spacial score (nSPS) is 20.0. The minimum Gasteiger partial charge on any atom is -0.335 e. The number of benzene rings is 1. The van der Waals surface area contributed by atoms with E-state index in [4.69, 9.17) is 0 Å². The van der Waals surface area contributed by atoms with E-state index in [1.807, 2.05) is 11.8 Å². The van der Waals surface area contributed by atoms with Crippen molar-refractivity contribution >= 4 is 22.6 Å².